The van der Waals surface area contributed by atoms with Crippen LogP contribution in [0.15, 0.2) is 45.5 Å². The first kappa shape index (κ1) is 11.0. The van der Waals surface area contributed by atoms with E-state index >= 15 is 0 Å². The summed E-state index contributed by atoms with van der Waals surface area (Å²) in [5.74, 6) is -0.970. The van der Waals surface area contributed by atoms with E-state index in [1.807, 2.05) is 30.3 Å². The van der Waals surface area contributed by atoms with Gasteiger partial charge in [0.15, 0.2) is 0 Å². The fourth-order valence-electron chi connectivity index (χ4n) is 1.21. The molecule has 0 aliphatic carbocycles. The fourth-order valence-corrected chi connectivity index (χ4v) is 3.06. The Kier molecular flexibility index (Phi) is 3.17. The Hall–Kier alpha value is -1.46. The van der Waals surface area contributed by atoms with Crippen molar-refractivity contribution < 1.29 is 9.90 Å². The van der Waals surface area contributed by atoms with Crippen LogP contribution in [0.1, 0.15) is 9.67 Å². The van der Waals surface area contributed by atoms with Gasteiger partial charge in [0, 0.05) is 15.2 Å². The monoisotopic (exact) mass is 251 g/mol. The van der Waals surface area contributed by atoms with Crippen LogP contribution in [0.4, 0.5) is 5.69 Å². The van der Waals surface area contributed by atoms with Crippen LogP contribution in [0.25, 0.3) is 0 Å². The fraction of sp³-hybridized carbons (Fsp3) is 0. The minimum absolute atomic E-state index is 0.207. The number of benzene rings is 1. The lowest BCUT2D eigenvalue weighted by Gasteiger charge is -2.00. The summed E-state index contributed by atoms with van der Waals surface area (Å²) < 4.78 is 0. The summed E-state index contributed by atoms with van der Waals surface area (Å²) in [6, 6.07) is 9.72. The van der Waals surface area contributed by atoms with Gasteiger partial charge in [0.1, 0.15) is 4.88 Å². The zero-order valence-electron chi connectivity index (χ0n) is 8.21. The van der Waals surface area contributed by atoms with E-state index in [0.717, 1.165) is 21.1 Å². The highest BCUT2D eigenvalue weighted by molar-refractivity contribution is 7.99. The van der Waals surface area contributed by atoms with Gasteiger partial charge in [-0.15, -0.1) is 11.3 Å². The number of carbonyl (C=O) groups is 1. The molecule has 0 radical (unpaired) electrons. The molecule has 0 bridgehead atoms. The maximum Gasteiger partial charge on any atom is 0.348 e. The number of rotatable bonds is 3. The second-order valence-electron chi connectivity index (χ2n) is 3.06. The average molecular weight is 251 g/mol. The highest BCUT2D eigenvalue weighted by atomic mass is 32.2. The summed E-state index contributed by atoms with van der Waals surface area (Å²) in [6.07, 6.45) is 0. The molecule has 16 heavy (non-hydrogen) atoms. The largest absolute Gasteiger partial charge is 0.477 e. The van der Waals surface area contributed by atoms with Crippen molar-refractivity contribution in [2.75, 3.05) is 5.73 Å². The zero-order chi connectivity index (χ0) is 11.5. The predicted octanol–water partition coefficient (Wildman–Crippen LogP) is 3.18. The summed E-state index contributed by atoms with van der Waals surface area (Å²) in [4.78, 5) is 12.9. The molecule has 5 heteroatoms. The third-order valence-corrected chi connectivity index (χ3v) is 4.16. The molecule has 0 fully saturated rings. The summed E-state index contributed by atoms with van der Waals surface area (Å²) in [5, 5.41) is 10.6. The molecular formula is C11H9NO2S2. The van der Waals surface area contributed by atoms with Gasteiger partial charge in [-0.05, 0) is 12.1 Å². The number of aromatic carboxylic acids is 1. The van der Waals surface area contributed by atoms with Crippen molar-refractivity contribution in [3.63, 3.8) is 0 Å². The maximum absolute atomic E-state index is 10.8. The van der Waals surface area contributed by atoms with Gasteiger partial charge < -0.3 is 10.8 Å². The van der Waals surface area contributed by atoms with Gasteiger partial charge in [-0.3, -0.25) is 0 Å². The third kappa shape index (κ3) is 2.20. The summed E-state index contributed by atoms with van der Waals surface area (Å²) in [6.45, 7) is 0. The lowest BCUT2D eigenvalue weighted by Crippen LogP contribution is -1.97. The SMILES string of the molecule is Nc1c(Sc2ccccc2)csc1C(=O)O. The Morgan fingerprint density at radius 3 is 2.56 bits per heavy atom. The van der Waals surface area contributed by atoms with Crippen LogP contribution >= 0.6 is 23.1 Å². The molecule has 2 aromatic rings. The smallest absolute Gasteiger partial charge is 0.348 e. The van der Waals surface area contributed by atoms with E-state index < -0.39 is 5.97 Å². The first-order valence-electron chi connectivity index (χ1n) is 4.51. The van der Waals surface area contributed by atoms with Crippen LogP contribution in [0.3, 0.4) is 0 Å². The van der Waals surface area contributed by atoms with Crippen LogP contribution < -0.4 is 5.73 Å². The van der Waals surface area contributed by atoms with Crippen molar-refractivity contribution in [3.8, 4) is 0 Å². The molecule has 0 aliphatic rings. The summed E-state index contributed by atoms with van der Waals surface area (Å²) in [5.41, 5.74) is 6.11. The normalized spacial score (nSPS) is 10.2. The molecule has 82 valence electrons. The number of carboxylic acids is 1. The van der Waals surface area contributed by atoms with E-state index in [1.54, 1.807) is 5.38 Å². The highest BCUT2D eigenvalue weighted by Crippen LogP contribution is 2.37. The van der Waals surface area contributed by atoms with Crippen molar-refractivity contribution in [3.05, 3.63) is 40.6 Å². The molecule has 1 aromatic heterocycles. The molecule has 3 N–H and O–H groups in total. The number of hydrogen-bond donors (Lipinski definition) is 2. The molecule has 1 heterocycles. The van der Waals surface area contributed by atoms with E-state index in [4.69, 9.17) is 10.8 Å². The second kappa shape index (κ2) is 4.59. The average Bonchev–Trinajstić information content (AvgIpc) is 2.62. The molecule has 0 saturated heterocycles. The molecule has 0 atom stereocenters. The lowest BCUT2D eigenvalue weighted by molar-refractivity contribution is 0.0703. The minimum atomic E-state index is -0.970. The van der Waals surface area contributed by atoms with Gasteiger partial charge in [-0.2, -0.15) is 0 Å². The molecule has 0 spiro atoms. The Balaban J connectivity index is 2.26. The number of carboxylic acid groups (broad SMARTS) is 1. The van der Waals surface area contributed by atoms with E-state index in [-0.39, 0.29) is 4.88 Å². The van der Waals surface area contributed by atoms with Crippen LogP contribution in [0, 0.1) is 0 Å². The van der Waals surface area contributed by atoms with Crippen molar-refractivity contribution in [1.82, 2.24) is 0 Å². The van der Waals surface area contributed by atoms with Crippen molar-refractivity contribution in [1.29, 1.82) is 0 Å². The molecule has 0 saturated carbocycles. The molecular weight excluding hydrogens is 242 g/mol. The van der Waals surface area contributed by atoms with E-state index in [2.05, 4.69) is 0 Å². The first-order valence-corrected chi connectivity index (χ1v) is 6.21. The van der Waals surface area contributed by atoms with Gasteiger partial charge in [-0.25, -0.2) is 4.79 Å². The van der Waals surface area contributed by atoms with E-state index in [1.165, 1.54) is 11.8 Å². The van der Waals surface area contributed by atoms with Gasteiger partial charge in [0.25, 0.3) is 0 Å². The summed E-state index contributed by atoms with van der Waals surface area (Å²) >= 11 is 2.63. The Labute approximate surface area is 101 Å². The van der Waals surface area contributed by atoms with Crippen LogP contribution in [0.5, 0.6) is 0 Å². The Morgan fingerprint density at radius 2 is 2.00 bits per heavy atom. The number of thiophene rings is 1. The Bertz CT molecular complexity index is 508. The topological polar surface area (TPSA) is 63.3 Å². The number of hydrogen-bond acceptors (Lipinski definition) is 4. The van der Waals surface area contributed by atoms with Crippen molar-refractivity contribution in [2.24, 2.45) is 0 Å². The van der Waals surface area contributed by atoms with Crippen LogP contribution in [-0.2, 0) is 0 Å². The van der Waals surface area contributed by atoms with E-state index in [0.29, 0.717) is 5.69 Å². The molecule has 0 aliphatic heterocycles. The molecule has 2 rings (SSSR count). The highest BCUT2D eigenvalue weighted by Gasteiger charge is 2.14. The van der Waals surface area contributed by atoms with Crippen molar-refractivity contribution >= 4 is 34.8 Å². The molecule has 0 amide bonds. The molecule has 0 unspecified atom stereocenters. The summed E-state index contributed by atoms with van der Waals surface area (Å²) in [7, 11) is 0. The predicted molar refractivity (Wildman–Crippen MR) is 66.3 cm³/mol. The Morgan fingerprint density at radius 1 is 1.31 bits per heavy atom. The van der Waals surface area contributed by atoms with Gasteiger partial charge in [-0.1, -0.05) is 30.0 Å². The van der Waals surface area contributed by atoms with Crippen LogP contribution in [0.2, 0.25) is 0 Å². The quantitative estimate of drug-likeness (QED) is 0.879. The van der Waals surface area contributed by atoms with Crippen LogP contribution in [-0.4, -0.2) is 11.1 Å². The zero-order valence-corrected chi connectivity index (χ0v) is 9.85. The second-order valence-corrected chi connectivity index (χ2v) is 5.06. The van der Waals surface area contributed by atoms with E-state index in [9.17, 15) is 4.79 Å². The maximum atomic E-state index is 10.8. The molecule has 1 aromatic carbocycles. The number of anilines is 1. The third-order valence-electron chi connectivity index (χ3n) is 1.96. The number of nitrogen functional groups attached to an aromatic ring is 1. The van der Waals surface area contributed by atoms with Gasteiger partial charge in [0.2, 0.25) is 0 Å². The van der Waals surface area contributed by atoms with Gasteiger partial charge in [0.05, 0.1) is 5.69 Å². The minimum Gasteiger partial charge on any atom is -0.477 e. The van der Waals surface area contributed by atoms with Crippen molar-refractivity contribution in [2.45, 2.75) is 9.79 Å². The molecule has 3 nitrogen and oxygen atoms in total. The van der Waals surface area contributed by atoms with Gasteiger partial charge >= 0.3 is 5.97 Å². The lowest BCUT2D eigenvalue weighted by atomic mass is 10.4. The standard InChI is InChI=1S/C11H9NO2S2/c12-9-8(6-15-10(9)11(13)14)16-7-4-2-1-3-5-7/h1-6H,12H2,(H,13,14). The number of nitrogens with two attached hydrogens (primary N) is 1. The first-order chi connectivity index (χ1) is 7.68.